The van der Waals surface area contributed by atoms with E-state index in [9.17, 15) is 17.6 Å². The van der Waals surface area contributed by atoms with Crippen LogP contribution in [0.3, 0.4) is 0 Å². The molecule has 11 heavy (non-hydrogen) atoms. The van der Waals surface area contributed by atoms with Crippen LogP contribution in [0.25, 0.3) is 0 Å². The van der Waals surface area contributed by atoms with Crippen LogP contribution >= 0.6 is 0 Å². The van der Waals surface area contributed by atoms with Crippen LogP contribution in [-0.2, 0) is 6.18 Å². The van der Waals surface area contributed by atoms with Gasteiger partial charge >= 0.3 is 6.18 Å². The Morgan fingerprint density at radius 3 is 2.27 bits per heavy atom. The van der Waals surface area contributed by atoms with Crippen molar-refractivity contribution in [1.82, 2.24) is 4.98 Å². The zero-order valence-electron chi connectivity index (χ0n) is 5.19. The van der Waals surface area contributed by atoms with Crippen molar-refractivity contribution in [1.29, 1.82) is 0 Å². The summed E-state index contributed by atoms with van der Waals surface area (Å²) in [4.78, 5) is 3.18. The minimum absolute atomic E-state index is 0.531. The van der Waals surface area contributed by atoms with Crippen molar-refractivity contribution in [2.75, 3.05) is 0 Å². The largest absolute Gasteiger partial charge is 0.419 e. The molecule has 0 unspecified atom stereocenters. The standard InChI is InChI=1S/C6H3F4N/c7-5-3-11-2-1-4(5)6(8,9)10/h1-3H. The fraction of sp³-hybridized carbons (Fsp3) is 0.167. The second-order valence-corrected chi connectivity index (χ2v) is 1.85. The molecule has 1 nitrogen and oxygen atoms in total. The van der Waals surface area contributed by atoms with Crippen LogP contribution in [0.15, 0.2) is 18.5 Å². The zero-order valence-corrected chi connectivity index (χ0v) is 5.19. The van der Waals surface area contributed by atoms with Crippen LogP contribution in [0.1, 0.15) is 5.56 Å². The van der Waals surface area contributed by atoms with E-state index < -0.39 is 17.6 Å². The molecule has 0 radical (unpaired) electrons. The molecule has 0 fully saturated rings. The number of rotatable bonds is 0. The molecule has 0 aliphatic rings. The van der Waals surface area contributed by atoms with Gasteiger partial charge in [0, 0.05) is 6.20 Å². The van der Waals surface area contributed by atoms with Gasteiger partial charge < -0.3 is 0 Å². The van der Waals surface area contributed by atoms with Crippen molar-refractivity contribution in [2.24, 2.45) is 0 Å². The lowest BCUT2D eigenvalue weighted by atomic mass is 10.2. The maximum absolute atomic E-state index is 12.3. The molecule has 0 spiro atoms. The topological polar surface area (TPSA) is 12.9 Å². The summed E-state index contributed by atoms with van der Waals surface area (Å²) in [6.07, 6.45) is -3.21. The highest BCUT2D eigenvalue weighted by molar-refractivity contribution is 5.15. The molecule has 0 amide bonds. The van der Waals surface area contributed by atoms with Gasteiger partial charge in [0.05, 0.1) is 11.8 Å². The van der Waals surface area contributed by atoms with E-state index in [1.807, 2.05) is 0 Å². The summed E-state index contributed by atoms with van der Waals surface area (Å²) in [5.74, 6) is -1.35. The minimum atomic E-state index is -4.63. The highest BCUT2D eigenvalue weighted by atomic mass is 19.4. The van der Waals surface area contributed by atoms with Gasteiger partial charge in [0.2, 0.25) is 0 Å². The average molecular weight is 165 g/mol. The summed E-state index contributed by atoms with van der Waals surface area (Å²) in [6.45, 7) is 0. The smallest absolute Gasteiger partial charge is 0.262 e. The average Bonchev–Trinajstić information content (AvgIpc) is 1.86. The first-order valence-corrected chi connectivity index (χ1v) is 2.68. The maximum atomic E-state index is 12.3. The van der Waals surface area contributed by atoms with Gasteiger partial charge in [-0.1, -0.05) is 0 Å². The van der Waals surface area contributed by atoms with Crippen molar-refractivity contribution >= 4 is 0 Å². The van der Waals surface area contributed by atoms with Crippen LogP contribution < -0.4 is 0 Å². The van der Waals surface area contributed by atoms with Gasteiger partial charge in [0.25, 0.3) is 0 Å². The Kier molecular flexibility index (Phi) is 1.80. The second-order valence-electron chi connectivity index (χ2n) is 1.85. The molecule has 0 saturated heterocycles. The number of aromatic nitrogens is 1. The number of alkyl halides is 3. The number of hydrogen-bond donors (Lipinski definition) is 0. The highest BCUT2D eigenvalue weighted by Crippen LogP contribution is 2.30. The van der Waals surface area contributed by atoms with Gasteiger partial charge in [0.15, 0.2) is 5.82 Å². The van der Waals surface area contributed by atoms with Gasteiger partial charge in [-0.3, -0.25) is 4.98 Å². The van der Waals surface area contributed by atoms with E-state index in [-0.39, 0.29) is 0 Å². The fourth-order valence-corrected chi connectivity index (χ4v) is 0.605. The van der Waals surface area contributed by atoms with Crippen molar-refractivity contribution < 1.29 is 17.6 Å². The van der Waals surface area contributed by atoms with E-state index in [0.717, 1.165) is 6.20 Å². The zero-order chi connectivity index (χ0) is 8.48. The first kappa shape index (κ1) is 7.97. The van der Waals surface area contributed by atoms with Crippen LogP contribution in [0.4, 0.5) is 17.6 Å². The summed E-state index contributed by atoms with van der Waals surface area (Å²) >= 11 is 0. The monoisotopic (exact) mass is 165 g/mol. The second kappa shape index (κ2) is 2.48. The molecule has 0 aliphatic carbocycles. The lowest BCUT2D eigenvalue weighted by molar-refractivity contribution is -0.140. The SMILES string of the molecule is Fc1cnccc1C(F)(F)F. The number of hydrogen-bond acceptors (Lipinski definition) is 1. The summed E-state index contributed by atoms with van der Waals surface area (Å²) in [5, 5.41) is 0. The number of halogens is 4. The summed E-state index contributed by atoms with van der Waals surface area (Å²) in [7, 11) is 0. The molecule has 0 N–H and O–H groups in total. The lowest BCUT2D eigenvalue weighted by Gasteiger charge is -2.05. The highest BCUT2D eigenvalue weighted by Gasteiger charge is 2.33. The molecule has 0 bridgehead atoms. The molecule has 0 aliphatic heterocycles. The van der Waals surface area contributed by atoms with E-state index in [1.54, 1.807) is 0 Å². The van der Waals surface area contributed by atoms with Crippen LogP contribution in [0.5, 0.6) is 0 Å². The third-order valence-corrected chi connectivity index (χ3v) is 1.08. The third kappa shape index (κ3) is 1.66. The minimum Gasteiger partial charge on any atom is -0.262 e. The van der Waals surface area contributed by atoms with Gasteiger partial charge in [-0.25, -0.2) is 4.39 Å². The molecular weight excluding hydrogens is 162 g/mol. The Labute approximate surface area is 59.7 Å². The van der Waals surface area contributed by atoms with Crippen molar-refractivity contribution in [3.05, 3.63) is 29.8 Å². The molecule has 5 heteroatoms. The Balaban J connectivity index is 3.14. The number of pyridine rings is 1. The Morgan fingerprint density at radius 1 is 1.27 bits per heavy atom. The molecule has 1 aromatic rings. The quantitative estimate of drug-likeness (QED) is 0.537. The van der Waals surface area contributed by atoms with Crippen molar-refractivity contribution in [3.8, 4) is 0 Å². The predicted octanol–water partition coefficient (Wildman–Crippen LogP) is 2.24. The van der Waals surface area contributed by atoms with E-state index >= 15 is 0 Å². The Morgan fingerprint density at radius 2 is 1.91 bits per heavy atom. The fourth-order valence-electron chi connectivity index (χ4n) is 0.605. The van der Waals surface area contributed by atoms with Gasteiger partial charge in [-0.05, 0) is 6.07 Å². The molecular formula is C6H3F4N. The molecule has 1 aromatic heterocycles. The van der Waals surface area contributed by atoms with Crippen molar-refractivity contribution in [3.63, 3.8) is 0 Å². The Bertz CT molecular complexity index is 255. The molecule has 0 saturated carbocycles. The van der Waals surface area contributed by atoms with Crippen LogP contribution in [0.2, 0.25) is 0 Å². The summed E-state index contributed by atoms with van der Waals surface area (Å²) in [6, 6.07) is 0.593. The lowest BCUT2D eigenvalue weighted by Crippen LogP contribution is -2.07. The van der Waals surface area contributed by atoms with E-state index in [2.05, 4.69) is 4.98 Å². The van der Waals surface area contributed by atoms with E-state index in [4.69, 9.17) is 0 Å². The molecule has 60 valence electrons. The number of nitrogens with zero attached hydrogens (tertiary/aromatic N) is 1. The summed E-state index contributed by atoms with van der Waals surface area (Å²) < 4.78 is 47.6. The van der Waals surface area contributed by atoms with Crippen LogP contribution in [0, 0.1) is 5.82 Å². The maximum Gasteiger partial charge on any atom is 0.419 e. The summed E-state index contributed by atoms with van der Waals surface area (Å²) in [5.41, 5.74) is -1.28. The van der Waals surface area contributed by atoms with Gasteiger partial charge in [-0.2, -0.15) is 13.2 Å². The predicted molar refractivity (Wildman–Crippen MR) is 29.2 cm³/mol. The van der Waals surface area contributed by atoms with E-state index in [0.29, 0.717) is 12.3 Å². The normalized spacial score (nSPS) is 11.6. The van der Waals surface area contributed by atoms with Gasteiger partial charge in [0.1, 0.15) is 0 Å². The molecule has 1 rings (SSSR count). The van der Waals surface area contributed by atoms with Crippen molar-refractivity contribution in [2.45, 2.75) is 6.18 Å². The Hall–Kier alpha value is -1.13. The van der Waals surface area contributed by atoms with Gasteiger partial charge in [-0.15, -0.1) is 0 Å². The molecule has 0 aromatic carbocycles. The first-order chi connectivity index (χ1) is 5.02. The third-order valence-electron chi connectivity index (χ3n) is 1.08. The van der Waals surface area contributed by atoms with E-state index in [1.165, 1.54) is 0 Å². The first-order valence-electron chi connectivity index (χ1n) is 2.68. The molecule has 0 atom stereocenters. The van der Waals surface area contributed by atoms with Crippen LogP contribution in [-0.4, -0.2) is 4.98 Å². The molecule has 1 heterocycles.